The van der Waals surface area contributed by atoms with Crippen LogP contribution >= 0.6 is 0 Å². The molecule has 1 amide bonds. The fourth-order valence-corrected chi connectivity index (χ4v) is 3.61. The van der Waals surface area contributed by atoms with E-state index in [1.807, 2.05) is 6.92 Å². The number of sulfonamides is 1. The number of primary amides is 1. The highest BCUT2D eigenvalue weighted by atomic mass is 32.2. The predicted octanol–water partition coefficient (Wildman–Crippen LogP) is 0.959. The molecule has 2 N–H and O–H groups in total. The lowest BCUT2D eigenvalue weighted by Gasteiger charge is -2.19. The Labute approximate surface area is 107 Å². The Morgan fingerprint density at radius 1 is 1.33 bits per heavy atom. The second-order valence-electron chi connectivity index (χ2n) is 4.33. The van der Waals surface area contributed by atoms with E-state index in [0.717, 1.165) is 12.8 Å². The fourth-order valence-electron chi connectivity index (χ4n) is 1.91. The van der Waals surface area contributed by atoms with Crippen molar-refractivity contribution in [1.29, 1.82) is 0 Å². The van der Waals surface area contributed by atoms with Gasteiger partial charge in [-0.1, -0.05) is 6.92 Å². The standard InChI is InChI=1S/C12H16N2O3S/c1-2-14(10-5-6-10)18(16,17)11-7-3-9(4-8-11)12(13)15/h3-4,7-8,10H,2,5-6H2,1H3,(H2,13,15). The fraction of sp³-hybridized carbons (Fsp3) is 0.417. The molecule has 0 spiro atoms. The summed E-state index contributed by atoms with van der Waals surface area (Å²) in [5.41, 5.74) is 5.43. The van der Waals surface area contributed by atoms with Gasteiger partial charge in [-0.25, -0.2) is 8.42 Å². The van der Waals surface area contributed by atoms with Crippen molar-refractivity contribution in [2.45, 2.75) is 30.7 Å². The van der Waals surface area contributed by atoms with E-state index < -0.39 is 15.9 Å². The summed E-state index contributed by atoms with van der Waals surface area (Å²) in [5.74, 6) is -0.562. The van der Waals surface area contributed by atoms with Gasteiger partial charge in [-0.2, -0.15) is 4.31 Å². The zero-order valence-electron chi connectivity index (χ0n) is 10.2. The smallest absolute Gasteiger partial charge is 0.248 e. The van der Waals surface area contributed by atoms with Gasteiger partial charge >= 0.3 is 0 Å². The molecule has 0 aromatic heterocycles. The van der Waals surface area contributed by atoms with Gasteiger partial charge in [-0.05, 0) is 37.1 Å². The molecule has 1 aromatic rings. The number of nitrogens with zero attached hydrogens (tertiary/aromatic N) is 1. The van der Waals surface area contributed by atoms with E-state index in [2.05, 4.69) is 0 Å². The zero-order valence-corrected chi connectivity index (χ0v) is 11.0. The topological polar surface area (TPSA) is 80.5 Å². The van der Waals surface area contributed by atoms with Crippen LogP contribution in [0.1, 0.15) is 30.1 Å². The lowest BCUT2D eigenvalue weighted by Crippen LogP contribution is -2.32. The number of benzene rings is 1. The van der Waals surface area contributed by atoms with Crippen molar-refractivity contribution in [2.75, 3.05) is 6.54 Å². The maximum atomic E-state index is 12.3. The molecule has 6 heteroatoms. The van der Waals surface area contributed by atoms with E-state index in [0.29, 0.717) is 12.1 Å². The Kier molecular flexibility index (Phi) is 3.41. The van der Waals surface area contributed by atoms with E-state index >= 15 is 0 Å². The summed E-state index contributed by atoms with van der Waals surface area (Å²) in [7, 11) is -3.45. The van der Waals surface area contributed by atoms with Gasteiger partial charge in [0, 0.05) is 18.2 Å². The third kappa shape index (κ3) is 2.39. The molecule has 0 radical (unpaired) electrons. The summed E-state index contributed by atoms with van der Waals surface area (Å²) in [4.78, 5) is 11.1. The average Bonchev–Trinajstić information content (AvgIpc) is 3.14. The normalized spacial score (nSPS) is 15.9. The van der Waals surface area contributed by atoms with Gasteiger partial charge < -0.3 is 5.73 Å². The average molecular weight is 268 g/mol. The van der Waals surface area contributed by atoms with Gasteiger partial charge in [-0.3, -0.25) is 4.79 Å². The van der Waals surface area contributed by atoms with Crippen LogP contribution in [0.25, 0.3) is 0 Å². The summed E-state index contributed by atoms with van der Waals surface area (Å²) in [5, 5.41) is 0. The van der Waals surface area contributed by atoms with Gasteiger partial charge in [0.25, 0.3) is 0 Å². The minimum Gasteiger partial charge on any atom is -0.366 e. The van der Waals surface area contributed by atoms with E-state index in [9.17, 15) is 13.2 Å². The van der Waals surface area contributed by atoms with Gasteiger partial charge in [0.1, 0.15) is 0 Å². The van der Waals surface area contributed by atoms with Crippen molar-refractivity contribution in [3.8, 4) is 0 Å². The molecule has 0 unspecified atom stereocenters. The highest BCUT2D eigenvalue weighted by molar-refractivity contribution is 7.89. The van der Waals surface area contributed by atoms with Crippen LogP contribution < -0.4 is 5.73 Å². The first-order valence-corrected chi connectivity index (χ1v) is 7.32. The van der Waals surface area contributed by atoms with Crippen molar-refractivity contribution in [3.63, 3.8) is 0 Å². The highest BCUT2D eigenvalue weighted by Gasteiger charge is 2.36. The number of amides is 1. The number of carbonyl (C=O) groups excluding carboxylic acids is 1. The van der Waals surface area contributed by atoms with Crippen molar-refractivity contribution in [2.24, 2.45) is 5.73 Å². The van der Waals surface area contributed by atoms with Crippen LogP contribution in [0, 0.1) is 0 Å². The number of hydrogen-bond donors (Lipinski definition) is 1. The number of rotatable bonds is 5. The molecule has 98 valence electrons. The summed E-state index contributed by atoms with van der Waals surface area (Å²) in [6.07, 6.45) is 1.85. The van der Waals surface area contributed by atoms with E-state index in [4.69, 9.17) is 5.73 Å². The van der Waals surface area contributed by atoms with Gasteiger partial charge in [0.05, 0.1) is 4.90 Å². The van der Waals surface area contributed by atoms with Crippen molar-refractivity contribution < 1.29 is 13.2 Å². The Morgan fingerprint density at radius 3 is 2.28 bits per heavy atom. The second kappa shape index (κ2) is 4.70. The molecule has 0 atom stereocenters. The molecule has 2 rings (SSSR count). The van der Waals surface area contributed by atoms with Crippen LogP contribution in [0.2, 0.25) is 0 Å². The third-order valence-corrected chi connectivity index (χ3v) is 5.05. The molecular formula is C12H16N2O3S. The first-order chi connectivity index (χ1) is 8.46. The summed E-state index contributed by atoms with van der Waals surface area (Å²) in [6.45, 7) is 2.29. The first-order valence-electron chi connectivity index (χ1n) is 5.88. The lowest BCUT2D eigenvalue weighted by atomic mass is 10.2. The monoisotopic (exact) mass is 268 g/mol. The molecule has 0 heterocycles. The van der Waals surface area contributed by atoms with E-state index in [1.54, 1.807) is 0 Å². The van der Waals surface area contributed by atoms with Gasteiger partial charge in [0.2, 0.25) is 15.9 Å². The molecule has 1 aliphatic rings. The number of carbonyl (C=O) groups is 1. The van der Waals surface area contributed by atoms with Crippen LogP contribution in [-0.4, -0.2) is 31.2 Å². The highest BCUT2D eigenvalue weighted by Crippen LogP contribution is 2.31. The Bertz CT molecular complexity index is 547. The molecule has 18 heavy (non-hydrogen) atoms. The van der Waals surface area contributed by atoms with Crippen LogP contribution in [0.4, 0.5) is 0 Å². The van der Waals surface area contributed by atoms with Crippen molar-refractivity contribution >= 4 is 15.9 Å². The van der Waals surface area contributed by atoms with Gasteiger partial charge in [-0.15, -0.1) is 0 Å². The summed E-state index contributed by atoms with van der Waals surface area (Å²) in [6, 6.07) is 5.88. The predicted molar refractivity (Wildman–Crippen MR) is 67.5 cm³/mol. The molecule has 5 nitrogen and oxygen atoms in total. The van der Waals surface area contributed by atoms with Crippen molar-refractivity contribution in [3.05, 3.63) is 29.8 Å². The zero-order chi connectivity index (χ0) is 13.3. The largest absolute Gasteiger partial charge is 0.366 e. The van der Waals surface area contributed by atoms with E-state index in [-0.39, 0.29) is 10.9 Å². The molecule has 0 bridgehead atoms. The molecule has 1 fully saturated rings. The molecule has 0 saturated heterocycles. The summed E-state index contributed by atoms with van der Waals surface area (Å²) < 4.78 is 26.2. The summed E-state index contributed by atoms with van der Waals surface area (Å²) >= 11 is 0. The minimum atomic E-state index is -3.45. The maximum absolute atomic E-state index is 12.3. The number of nitrogens with two attached hydrogens (primary N) is 1. The molecule has 0 aliphatic heterocycles. The Balaban J connectivity index is 2.31. The van der Waals surface area contributed by atoms with Crippen LogP contribution in [0.15, 0.2) is 29.2 Å². The van der Waals surface area contributed by atoms with Gasteiger partial charge in [0.15, 0.2) is 0 Å². The first kappa shape index (κ1) is 13.0. The quantitative estimate of drug-likeness (QED) is 0.863. The minimum absolute atomic E-state index is 0.135. The Hall–Kier alpha value is -1.40. The SMILES string of the molecule is CCN(C1CC1)S(=O)(=O)c1ccc(C(N)=O)cc1. The molecule has 1 aliphatic carbocycles. The number of hydrogen-bond acceptors (Lipinski definition) is 3. The molecular weight excluding hydrogens is 252 g/mol. The van der Waals surface area contributed by atoms with Crippen LogP contribution in [0.3, 0.4) is 0 Å². The Morgan fingerprint density at radius 2 is 1.89 bits per heavy atom. The maximum Gasteiger partial charge on any atom is 0.248 e. The second-order valence-corrected chi connectivity index (χ2v) is 6.22. The lowest BCUT2D eigenvalue weighted by molar-refractivity contribution is 0.1000. The molecule has 1 saturated carbocycles. The third-order valence-electron chi connectivity index (χ3n) is 3.01. The van der Waals surface area contributed by atoms with Crippen LogP contribution in [-0.2, 0) is 10.0 Å². The van der Waals surface area contributed by atoms with Crippen LogP contribution in [0.5, 0.6) is 0 Å². The molecule has 1 aromatic carbocycles. The van der Waals surface area contributed by atoms with E-state index in [1.165, 1.54) is 28.6 Å². The van der Waals surface area contributed by atoms with Crippen molar-refractivity contribution in [1.82, 2.24) is 4.31 Å².